The highest BCUT2D eigenvalue weighted by Gasteiger charge is 2.22. The number of phenolic OH excluding ortho intramolecular Hbond substituents is 1. The number of carbonyl (C=O) groups is 2. The standard InChI is InChI=1S/C19H21NO5/c1-24-17-11-14(8-9-16(17)21)12-18(22)20-15(19(23)25-2)10-13-6-4-3-5-7-13/h3-9,11,15,21H,10,12H2,1-2H3,(H,20,22)/t15-/m0/s1. The van der Waals surface area contributed by atoms with E-state index in [1.807, 2.05) is 30.3 Å². The number of carbonyl (C=O) groups excluding carboxylic acids is 2. The highest BCUT2D eigenvalue weighted by atomic mass is 16.5. The Morgan fingerprint density at radius 2 is 1.80 bits per heavy atom. The molecular weight excluding hydrogens is 322 g/mol. The zero-order chi connectivity index (χ0) is 18.2. The van der Waals surface area contributed by atoms with Gasteiger partial charge in [-0.25, -0.2) is 4.79 Å². The molecule has 0 radical (unpaired) electrons. The summed E-state index contributed by atoms with van der Waals surface area (Å²) in [7, 11) is 2.73. The molecule has 2 rings (SSSR count). The van der Waals surface area contributed by atoms with Crippen molar-refractivity contribution in [1.82, 2.24) is 5.32 Å². The molecule has 6 nitrogen and oxygen atoms in total. The Balaban J connectivity index is 2.05. The zero-order valence-electron chi connectivity index (χ0n) is 14.2. The average Bonchev–Trinajstić information content (AvgIpc) is 2.63. The fourth-order valence-corrected chi connectivity index (χ4v) is 2.45. The topological polar surface area (TPSA) is 84.9 Å². The van der Waals surface area contributed by atoms with Gasteiger partial charge in [0.2, 0.25) is 5.91 Å². The van der Waals surface area contributed by atoms with Gasteiger partial charge in [-0.05, 0) is 23.3 Å². The van der Waals surface area contributed by atoms with E-state index in [1.165, 1.54) is 20.3 Å². The predicted molar refractivity (Wildman–Crippen MR) is 92.5 cm³/mol. The van der Waals surface area contributed by atoms with Crippen LogP contribution in [0.2, 0.25) is 0 Å². The van der Waals surface area contributed by atoms with Crippen LogP contribution >= 0.6 is 0 Å². The quantitative estimate of drug-likeness (QED) is 0.750. The maximum atomic E-state index is 12.3. The van der Waals surface area contributed by atoms with Crippen molar-refractivity contribution in [3.05, 3.63) is 59.7 Å². The number of nitrogens with one attached hydrogen (secondary N) is 1. The Hall–Kier alpha value is -3.02. The molecule has 0 aliphatic rings. The molecular formula is C19H21NO5. The van der Waals surface area contributed by atoms with E-state index in [2.05, 4.69) is 5.32 Å². The largest absolute Gasteiger partial charge is 0.504 e. The number of esters is 1. The van der Waals surface area contributed by atoms with Gasteiger partial charge >= 0.3 is 5.97 Å². The molecule has 0 saturated heterocycles. The molecule has 0 aliphatic heterocycles. The van der Waals surface area contributed by atoms with Crippen molar-refractivity contribution in [1.29, 1.82) is 0 Å². The molecule has 0 saturated carbocycles. The minimum atomic E-state index is -0.765. The van der Waals surface area contributed by atoms with Crippen molar-refractivity contribution in [3.63, 3.8) is 0 Å². The molecule has 0 aliphatic carbocycles. The summed E-state index contributed by atoms with van der Waals surface area (Å²) in [6, 6.07) is 13.3. The lowest BCUT2D eigenvalue weighted by molar-refractivity contribution is -0.145. The molecule has 25 heavy (non-hydrogen) atoms. The maximum absolute atomic E-state index is 12.3. The van der Waals surface area contributed by atoms with E-state index in [0.29, 0.717) is 17.7 Å². The number of amides is 1. The van der Waals surface area contributed by atoms with Crippen molar-refractivity contribution >= 4 is 11.9 Å². The molecule has 0 bridgehead atoms. The highest BCUT2D eigenvalue weighted by Crippen LogP contribution is 2.26. The zero-order valence-corrected chi connectivity index (χ0v) is 14.2. The summed E-state index contributed by atoms with van der Waals surface area (Å²) in [6.45, 7) is 0. The first-order chi connectivity index (χ1) is 12.0. The fourth-order valence-electron chi connectivity index (χ4n) is 2.45. The molecule has 132 valence electrons. The number of rotatable bonds is 7. The molecule has 2 aromatic carbocycles. The molecule has 1 atom stereocenters. The first kappa shape index (κ1) is 18.3. The summed E-state index contributed by atoms with van der Waals surface area (Å²) >= 11 is 0. The van der Waals surface area contributed by atoms with Crippen molar-refractivity contribution < 1.29 is 24.2 Å². The Morgan fingerprint density at radius 1 is 1.08 bits per heavy atom. The molecule has 2 aromatic rings. The van der Waals surface area contributed by atoms with E-state index < -0.39 is 12.0 Å². The Labute approximate surface area is 146 Å². The lowest BCUT2D eigenvalue weighted by Crippen LogP contribution is -2.43. The lowest BCUT2D eigenvalue weighted by Gasteiger charge is -2.17. The van der Waals surface area contributed by atoms with Crippen LogP contribution in [0.3, 0.4) is 0 Å². The summed E-state index contributed by atoms with van der Waals surface area (Å²) in [5.41, 5.74) is 1.58. The number of hydrogen-bond acceptors (Lipinski definition) is 5. The van der Waals surface area contributed by atoms with E-state index >= 15 is 0 Å². The number of aromatic hydroxyl groups is 1. The number of hydrogen-bond donors (Lipinski definition) is 2. The van der Waals surface area contributed by atoms with E-state index in [1.54, 1.807) is 12.1 Å². The van der Waals surface area contributed by atoms with Gasteiger partial charge in [-0.1, -0.05) is 36.4 Å². The minimum Gasteiger partial charge on any atom is -0.504 e. The van der Waals surface area contributed by atoms with Crippen LogP contribution in [-0.4, -0.2) is 37.2 Å². The van der Waals surface area contributed by atoms with E-state index in [9.17, 15) is 14.7 Å². The monoisotopic (exact) mass is 343 g/mol. The number of benzene rings is 2. The van der Waals surface area contributed by atoms with Gasteiger partial charge in [-0.15, -0.1) is 0 Å². The predicted octanol–water partition coefficient (Wildman–Crippen LogP) is 1.84. The SMILES string of the molecule is COC(=O)[C@H](Cc1ccccc1)NC(=O)Cc1ccc(O)c(OC)c1. The van der Waals surface area contributed by atoms with Crippen LogP contribution in [0.25, 0.3) is 0 Å². The Morgan fingerprint density at radius 3 is 2.44 bits per heavy atom. The summed E-state index contributed by atoms with van der Waals surface area (Å²) < 4.78 is 9.81. The summed E-state index contributed by atoms with van der Waals surface area (Å²) in [6.07, 6.45) is 0.400. The van der Waals surface area contributed by atoms with Crippen molar-refractivity contribution in [2.24, 2.45) is 0 Å². The second kappa shape index (κ2) is 8.73. The first-order valence-electron chi connectivity index (χ1n) is 7.80. The lowest BCUT2D eigenvalue weighted by atomic mass is 10.1. The summed E-state index contributed by atoms with van der Waals surface area (Å²) in [4.78, 5) is 24.3. The molecule has 0 spiro atoms. The number of phenols is 1. The van der Waals surface area contributed by atoms with Crippen LogP contribution in [0.4, 0.5) is 0 Å². The molecule has 2 N–H and O–H groups in total. The van der Waals surface area contributed by atoms with Crippen molar-refractivity contribution in [2.75, 3.05) is 14.2 Å². The third kappa shape index (κ3) is 5.24. The molecule has 6 heteroatoms. The van der Waals surface area contributed by atoms with Crippen molar-refractivity contribution in [2.45, 2.75) is 18.9 Å². The highest BCUT2D eigenvalue weighted by molar-refractivity contribution is 5.85. The Kier molecular flexibility index (Phi) is 6.39. The smallest absolute Gasteiger partial charge is 0.328 e. The molecule has 0 fully saturated rings. The van der Waals surface area contributed by atoms with Crippen LogP contribution < -0.4 is 10.1 Å². The van der Waals surface area contributed by atoms with Gasteiger partial charge < -0.3 is 19.9 Å². The second-order valence-corrected chi connectivity index (χ2v) is 5.52. The van der Waals surface area contributed by atoms with Crippen LogP contribution in [0, 0.1) is 0 Å². The van der Waals surface area contributed by atoms with Crippen LogP contribution in [0.1, 0.15) is 11.1 Å². The second-order valence-electron chi connectivity index (χ2n) is 5.52. The van der Waals surface area contributed by atoms with Gasteiger partial charge in [0, 0.05) is 6.42 Å². The Bertz CT molecular complexity index is 730. The van der Waals surface area contributed by atoms with E-state index in [-0.39, 0.29) is 18.1 Å². The van der Waals surface area contributed by atoms with Crippen LogP contribution in [0.5, 0.6) is 11.5 Å². The molecule has 1 amide bonds. The van der Waals surface area contributed by atoms with E-state index in [4.69, 9.17) is 9.47 Å². The van der Waals surface area contributed by atoms with E-state index in [0.717, 1.165) is 5.56 Å². The molecule has 0 aromatic heterocycles. The molecule has 0 unspecified atom stereocenters. The third-order valence-corrected chi connectivity index (χ3v) is 3.71. The minimum absolute atomic E-state index is 0.00294. The summed E-state index contributed by atoms with van der Waals surface area (Å²) in [5.74, 6) is -0.526. The van der Waals surface area contributed by atoms with Gasteiger partial charge in [0.25, 0.3) is 0 Å². The van der Waals surface area contributed by atoms with Gasteiger partial charge in [0.1, 0.15) is 6.04 Å². The fraction of sp³-hybridized carbons (Fsp3) is 0.263. The summed E-state index contributed by atoms with van der Waals surface area (Å²) in [5, 5.41) is 12.3. The number of ether oxygens (including phenoxy) is 2. The van der Waals surface area contributed by atoms with Crippen molar-refractivity contribution in [3.8, 4) is 11.5 Å². The normalized spacial score (nSPS) is 11.4. The van der Waals surface area contributed by atoms with Gasteiger partial charge in [-0.2, -0.15) is 0 Å². The van der Waals surface area contributed by atoms with Gasteiger partial charge in [0.05, 0.1) is 20.6 Å². The van der Waals surface area contributed by atoms with Crippen LogP contribution in [-0.2, 0) is 27.2 Å². The van der Waals surface area contributed by atoms with Gasteiger partial charge in [0.15, 0.2) is 11.5 Å². The maximum Gasteiger partial charge on any atom is 0.328 e. The molecule has 0 heterocycles. The third-order valence-electron chi connectivity index (χ3n) is 3.71. The van der Waals surface area contributed by atoms with Crippen LogP contribution in [0.15, 0.2) is 48.5 Å². The van der Waals surface area contributed by atoms with Gasteiger partial charge in [-0.3, -0.25) is 4.79 Å². The average molecular weight is 343 g/mol. The number of methoxy groups -OCH3 is 2. The first-order valence-corrected chi connectivity index (χ1v) is 7.80.